The van der Waals surface area contributed by atoms with Crippen molar-refractivity contribution < 1.29 is 13.2 Å². The SMILES string of the molecule is Cc1ccnc(NS(=O)(=O)c2ccc(NC(=O)C34CC5C[C@@H](CC[C@@H](C5)C3)C4)cc2)n1. The second-order valence-electron chi connectivity index (χ2n) is 9.65. The number of nitrogens with zero attached hydrogens (tertiary/aromatic N) is 2. The standard InChI is InChI=1S/C23H28N4O3S/c1-15-8-9-24-22(25-15)27-31(29,30)20-6-4-19(5-7-20)26-21(28)23-12-16-2-3-17(13-23)11-18(10-16)14-23/h4-9,16-18H,2-3,10-14H2,1H3,(H,26,28)(H,24,25,27)/t16-,17+,18?,23?. The van der Waals surface area contributed by atoms with E-state index in [2.05, 4.69) is 20.0 Å². The number of fused-ring (bicyclic) bond motifs is 1. The van der Waals surface area contributed by atoms with E-state index in [1.807, 2.05) is 0 Å². The zero-order valence-electron chi connectivity index (χ0n) is 17.7. The second-order valence-corrected chi connectivity index (χ2v) is 11.3. The van der Waals surface area contributed by atoms with Crippen LogP contribution in [0.15, 0.2) is 41.4 Å². The number of anilines is 2. The quantitative estimate of drug-likeness (QED) is 0.728. The van der Waals surface area contributed by atoms with Gasteiger partial charge < -0.3 is 5.32 Å². The zero-order chi connectivity index (χ0) is 21.6. The molecule has 1 aromatic carbocycles. The highest BCUT2D eigenvalue weighted by atomic mass is 32.2. The minimum atomic E-state index is -3.80. The highest BCUT2D eigenvalue weighted by Crippen LogP contribution is 2.58. The average Bonchev–Trinajstić information content (AvgIpc) is 2.93. The number of sulfonamides is 1. The molecule has 4 atom stereocenters. The Morgan fingerprint density at radius 2 is 1.65 bits per heavy atom. The minimum absolute atomic E-state index is 0.0373. The number of rotatable bonds is 5. The maximum atomic E-state index is 13.3. The van der Waals surface area contributed by atoms with Gasteiger partial charge in [0.1, 0.15) is 0 Å². The molecular weight excluding hydrogens is 412 g/mol. The van der Waals surface area contributed by atoms with E-state index in [1.165, 1.54) is 44.0 Å². The maximum Gasteiger partial charge on any atom is 0.264 e. The highest BCUT2D eigenvalue weighted by Gasteiger charge is 2.52. The Balaban J connectivity index is 1.30. The lowest BCUT2D eigenvalue weighted by molar-refractivity contribution is -0.132. The number of aryl methyl sites for hydroxylation is 1. The smallest absolute Gasteiger partial charge is 0.264 e. The molecule has 0 radical (unpaired) electrons. The van der Waals surface area contributed by atoms with Gasteiger partial charge in [-0.2, -0.15) is 0 Å². The lowest BCUT2D eigenvalue weighted by atomic mass is 9.58. The molecule has 0 spiro atoms. The molecule has 4 saturated carbocycles. The Bertz CT molecular complexity index is 1080. The molecule has 6 rings (SSSR count). The molecule has 2 aromatic rings. The van der Waals surface area contributed by atoms with Crippen LogP contribution in [0.5, 0.6) is 0 Å². The number of nitrogens with one attached hydrogen (secondary N) is 2. The van der Waals surface area contributed by atoms with Crippen LogP contribution in [0.3, 0.4) is 0 Å². The summed E-state index contributed by atoms with van der Waals surface area (Å²) in [5, 5.41) is 3.08. The molecule has 4 aliphatic carbocycles. The van der Waals surface area contributed by atoms with Gasteiger partial charge in [-0.15, -0.1) is 0 Å². The molecule has 0 aliphatic heterocycles. The summed E-state index contributed by atoms with van der Waals surface area (Å²) in [4.78, 5) is 21.4. The molecule has 1 heterocycles. The van der Waals surface area contributed by atoms with Crippen molar-refractivity contribution in [1.82, 2.24) is 9.97 Å². The third kappa shape index (κ3) is 4.05. The van der Waals surface area contributed by atoms with E-state index in [-0.39, 0.29) is 22.2 Å². The van der Waals surface area contributed by atoms with Crippen LogP contribution in [-0.2, 0) is 14.8 Å². The molecule has 1 amide bonds. The summed E-state index contributed by atoms with van der Waals surface area (Å²) in [5.41, 5.74) is 1.05. The van der Waals surface area contributed by atoms with Crippen molar-refractivity contribution in [2.45, 2.75) is 56.8 Å². The topological polar surface area (TPSA) is 101 Å². The molecule has 31 heavy (non-hydrogen) atoms. The molecule has 4 aliphatic rings. The van der Waals surface area contributed by atoms with Gasteiger partial charge >= 0.3 is 0 Å². The third-order valence-electron chi connectivity index (χ3n) is 7.28. The van der Waals surface area contributed by atoms with Gasteiger partial charge in [-0.1, -0.05) is 12.8 Å². The van der Waals surface area contributed by atoms with Crippen molar-refractivity contribution in [2.75, 3.05) is 10.0 Å². The summed E-state index contributed by atoms with van der Waals surface area (Å²) < 4.78 is 27.7. The fourth-order valence-electron chi connectivity index (χ4n) is 6.13. The summed E-state index contributed by atoms with van der Waals surface area (Å²) in [5.74, 6) is 2.19. The van der Waals surface area contributed by atoms with Crippen LogP contribution < -0.4 is 10.0 Å². The van der Waals surface area contributed by atoms with Crippen molar-refractivity contribution in [3.8, 4) is 0 Å². The molecule has 2 unspecified atom stereocenters. The normalized spacial score (nSPS) is 29.4. The Kier molecular flexibility index (Phi) is 5.00. The number of carbonyl (C=O) groups excluding carboxylic acids is 1. The molecular formula is C23H28N4O3S. The van der Waals surface area contributed by atoms with Crippen molar-refractivity contribution in [3.63, 3.8) is 0 Å². The Morgan fingerprint density at radius 3 is 2.29 bits per heavy atom. The van der Waals surface area contributed by atoms with E-state index in [0.717, 1.165) is 19.3 Å². The van der Waals surface area contributed by atoms with Crippen molar-refractivity contribution in [1.29, 1.82) is 0 Å². The van der Waals surface area contributed by atoms with Gasteiger partial charge in [-0.25, -0.2) is 23.1 Å². The Morgan fingerprint density at radius 1 is 1.00 bits per heavy atom. The van der Waals surface area contributed by atoms with E-state index >= 15 is 0 Å². The Labute approximate surface area is 183 Å². The van der Waals surface area contributed by atoms with Crippen LogP contribution in [0.2, 0.25) is 0 Å². The molecule has 4 bridgehead atoms. The maximum absolute atomic E-state index is 13.3. The van der Waals surface area contributed by atoms with E-state index in [9.17, 15) is 13.2 Å². The van der Waals surface area contributed by atoms with Crippen LogP contribution in [0, 0.1) is 30.1 Å². The lowest BCUT2D eigenvalue weighted by Crippen LogP contribution is -2.46. The van der Waals surface area contributed by atoms with Gasteiger partial charge in [-0.3, -0.25) is 4.79 Å². The monoisotopic (exact) mass is 440 g/mol. The van der Waals surface area contributed by atoms with Crippen LogP contribution >= 0.6 is 0 Å². The minimum Gasteiger partial charge on any atom is -0.326 e. The number of aromatic nitrogens is 2. The predicted molar refractivity (Wildman–Crippen MR) is 118 cm³/mol. The number of carbonyl (C=O) groups is 1. The molecule has 2 N–H and O–H groups in total. The summed E-state index contributed by atoms with van der Waals surface area (Å²) >= 11 is 0. The molecule has 4 fully saturated rings. The van der Waals surface area contributed by atoms with Crippen molar-refractivity contribution >= 4 is 27.6 Å². The largest absolute Gasteiger partial charge is 0.326 e. The van der Waals surface area contributed by atoms with Crippen LogP contribution in [0.1, 0.15) is 50.6 Å². The van der Waals surface area contributed by atoms with Crippen molar-refractivity contribution in [3.05, 3.63) is 42.2 Å². The summed E-state index contributed by atoms with van der Waals surface area (Å²) in [6.07, 6.45) is 9.61. The van der Waals surface area contributed by atoms with E-state index < -0.39 is 10.0 Å². The fraction of sp³-hybridized carbons (Fsp3) is 0.522. The Hall–Kier alpha value is -2.48. The first-order valence-corrected chi connectivity index (χ1v) is 12.5. The number of amides is 1. The fourth-order valence-corrected chi connectivity index (χ4v) is 7.08. The molecule has 8 heteroatoms. The van der Waals surface area contributed by atoms with Gasteiger partial charge in [0.2, 0.25) is 11.9 Å². The van der Waals surface area contributed by atoms with Gasteiger partial charge in [0.05, 0.1) is 10.3 Å². The summed E-state index contributed by atoms with van der Waals surface area (Å²) in [7, 11) is -3.80. The molecule has 7 nitrogen and oxygen atoms in total. The van der Waals surface area contributed by atoms with E-state index in [4.69, 9.17) is 0 Å². The third-order valence-corrected chi connectivity index (χ3v) is 8.62. The average molecular weight is 441 g/mol. The lowest BCUT2D eigenvalue weighted by Gasteiger charge is -2.47. The van der Waals surface area contributed by atoms with Crippen LogP contribution in [-0.4, -0.2) is 24.3 Å². The summed E-state index contributed by atoms with van der Waals surface area (Å²) in [6, 6.07) is 8.00. The van der Waals surface area contributed by atoms with E-state index in [1.54, 1.807) is 25.1 Å². The highest BCUT2D eigenvalue weighted by molar-refractivity contribution is 7.92. The number of benzene rings is 1. The van der Waals surface area contributed by atoms with Crippen molar-refractivity contribution in [2.24, 2.45) is 23.2 Å². The summed E-state index contributed by atoms with van der Waals surface area (Å²) in [6.45, 7) is 1.77. The first-order chi connectivity index (χ1) is 14.8. The zero-order valence-corrected chi connectivity index (χ0v) is 18.5. The molecule has 164 valence electrons. The first-order valence-electron chi connectivity index (χ1n) is 11.1. The van der Waals surface area contributed by atoms with Crippen LogP contribution in [0.4, 0.5) is 11.6 Å². The predicted octanol–water partition coefficient (Wildman–Crippen LogP) is 4.13. The number of hydrogen-bond donors (Lipinski definition) is 2. The number of hydrogen-bond acceptors (Lipinski definition) is 5. The van der Waals surface area contributed by atoms with Crippen LogP contribution in [0.25, 0.3) is 0 Å². The first kappa shape index (κ1) is 20.4. The van der Waals surface area contributed by atoms with Gasteiger partial charge in [-0.05, 0) is 87.1 Å². The van der Waals surface area contributed by atoms with Gasteiger partial charge in [0.15, 0.2) is 0 Å². The van der Waals surface area contributed by atoms with Gasteiger partial charge in [0.25, 0.3) is 10.0 Å². The van der Waals surface area contributed by atoms with E-state index in [0.29, 0.717) is 29.1 Å². The molecule has 0 saturated heterocycles. The van der Waals surface area contributed by atoms with Gasteiger partial charge in [0, 0.05) is 17.6 Å². The second kappa shape index (κ2) is 7.58. The molecule has 1 aromatic heterocycles.